The quantitative estimate of drug-likeness (QED) is 0.362. The lowest BCUT2D eigenvalue weighted by Crippen LogP contribution is -2.49. The molecule has 0 aliphatic rings. The molecule has 7 N–H and O–H groups in total. The van der Waals surface area contributed by atoms with Crippen molar-refractivity contribution in [2.24, 2.45) is 0 Å². The monoisotopic (exact) mass is 283 g/mol. The van der Waals surface area contributed by atoms with Gasteiger partial charge in [-0.2, -0.15) is 0 Å². The molecule has 0 bridgehead atoms. The number of carbonyl (C=O) groups is 1. The van der Waals surface area contributed by atoms with Crippen LogP contribution in [-0.2, 0) is 0 Å². The Labute approximate surface area is 117 Å². The zero-order valence-corrected chi connectivity index (χ0v) is 11.4. The number of amides is 1. The van der Waals surface area contributed by atoms with E-state index in [1.54, 1.807) is 12.1 Å². The van der Waals surface area contributed by atoms with Crippen LogP contribution in [0.3, 0.4) is 0 Å². The smallest absolute Gasteiger partial charge is 0.251 e. The first-order valence-electron chi connectivity index (χ1n) is 6.30. The van der Waals surface area contributed by atoms with E-state index in [-0.39, 0.29) is 11.6 Å². The molecule has 0 fully saturated rings. The molecule has 0 spiro atoms. The van der Waals surface area contributed by atoms with Gasteiger partial charge in [-0.05, 0) is 25.1 Å². The summed E-state index contributed by atoms with van der Waals surface area (Å²) in [5.74, 6) is -0.233. The van der Waals surface area contributed by atoms with E-state index in [1.807, 2.05) is 6.92 Å². The zero-order chi connectivity index (χ0) is 15.2. The highest BCUT2D eigenvalue weighted by Gasteiger charge is 2.28. The number of hydrogen-bond donors (Lipinski definition) is 6. The number of anilines is 2. The third-order valence-electron chi connectivity index (χ3n) is 2.96. The number of carbonyl (C=O) groups excluding carboxylic acids is 1. The van der Waals surface area contributed by atoms with Crippen molar-refractivity contribution in [2.45, 2.75) is 12.5 Å². The van der Waals surface area contributed by atoms with Gasteiger partial charge in [0, 0.05) is 12.1 Å². The number of aliphatic hydroxyl groups excluding tert-OH is 3. The molecule has 20 heavy (non-hydrogen) atoms. The van der Waals surface area contributed by atoms with E-state index in [1.165, 1.54) is 6.07 Å². The molecule has 0 atom stereocenters. The third-order valence-corrected chi connectivity index (χ3v) is 2.96. The molecule has 0 unspecified atom stereocenters. The molecule has 112 valence electrons. The predicted octanol–water partition coefficient (Wildman–Crippen LogP) is -0.854. The molecule has 0 saturated carbocycles. The van der Waals surface area contributed by atoms with Crippen LogP contribution in [0.15, 0.2) is 18.2 Å². The van der Waals surface area contributed by atoms with Crippen molar-refractivity contribution >= 4 is 17.3 Å². The van der Waals surface area contributed by atoms with Crippen LogP contribution in [0.2, 0.25) is 0 Å². The van der Waals surface area contributed by atoms with E-state index < -0.39 is 25.4 Å². The van der Waals surface area contributed by atoms with E-state index >= 15 is 0 Å². The number of rotatable bonds is 7. The van der Waals surface area contributed by atoms with Crippen LogP contribution in [0.1, 0.15) is 17.3 Å². The maximum Gasteiger partial charge on any atom is 0.251 e. The van der Waals surface area contributed by atoms with Crippen molar-refractivity contribution in [1.29, 1.82) is 0 Å². The summed E-state index contributed by atoms with van der Waals surface area (Å²) in [4.78, 5) is 11.7. The highest BCUT2D eigenvalue weighted by molar-refractivity contribution is 5.96. The topological polar surface area (TPSA) is 128 Å². The third kappa shape index (κ3) is 3.60. The second-order valence-corrected chi connectivity index (χ2v) is 4.54. The van der Waals surface area contributed by atoms with Crippen molar-refractivity contribution in [2.75, 3.05) is 37.4 Å². The van der Waals surface area contributed by atoms with Gasteiger partial charge in [0.1, 0.15) is 5.54 Å². The summed E-state index contributed by atoms with van der Waals surface area (Å²) in [5, 5.41) is 33.2. The Morgan fingerprint density at radius 3 is 2.30 bits per heavy atom. The molecule has 0 aliphatic carbocycles. The zero-order valence-electron chi connectivity index (χ0n) is 11.4. The Bertz CT molecular complexity index is 453. The lowest BCUT2D eigenvalue weighted by atomic mass is 10.0. The number of benzene rings is 1. The SMILES string of the molecule is CCNC(=O)c1ccc(NC(CO)(CO)CO)c(N)c1. The lowest BCUT2D eigenvalue weighted by molar-refractivity contribution is 0.0834. The molecule has 0 saturated heterocycles. The number of hydrogen-bond acceptors (Lipinski definition) is 6. The van der Waals surface area contributed by atoms with Gasteiger partial charge in [0.15, 0.2) is 0 Å². The molecular formula is C13H21N3O4. The van der Waals surface area contributed by atoms with Crippen LogP contribution in [0, 0.1) is 0 Å². The standard InChI is InChI=1S/C13H21N3O4/c1-2-15-12(20)9-3-4-11(10(14)5-9)16-13(6-17,7-18)8-19/h3-5,16-19H,2,6-8,14H2,1H3,(H,15,20). The summed E-state index contributed by atoms with van der Waals surface area (Å²) in [6.45, 7) is 0.948. The average molecular weight is 283 g/mol. The Kier molecular flexibility index (Phi) is 5.75. The summed E-state index contributed by atoms with van der Waals surface area (Å²) in [7, 11) is 0. The van der Waals surface area contributed by atoms with Crippen LogP contribution >= 0.6 is 0 Å². The average Bonchev–Trinajstić information content (AvgIpc) is 2.47. The van der Waals surface area contributed by atoms with Crippen molar-refractivity contribution < 1.29 is 20.1 Å². The van der Waals surface area contributed by atoms with Crippen LogP contribution in [0.5, 0.6) is 0 Å². The van der Waals surface area contributed by atoms with Gasteiger partial charge < -0.3 is 31.7 Å². The molecule has 7 heteroatoms. The van der Waals surface area contributed by atoms with Crippen molar-refractivity contribution in [3.05, 3.63) is 23.8 Å². The van der Waals surface area contributed by atoms with Gasteiger partial charge in [0.25, 0.3) is 5.91 Å². The van der Waals surface area contributed by atoms with Gasteiger partial charge in [-0.25, -0.2) is 0 Å². The van der Waals surface area contributed by atoms with E-state index in [0.29, 0.717) is 17.8 Å². The highest BCUT2D eigenvalue weighted by Crippen LogP contribution is 2.23. The predicted molar refractivity (Wildman–Crippen MR) is 76.5 cm³/mol. The summed E-state index contributed by atoms with van der Waals surface area (Å²) < 4.78 is 0. The van der Waals surface area contributed by atoms with Crippen molar-refractivity contribution in [3.8, 4) is 0 Å². The maximum atomic E-state index is 11.7. The molecule has 0 aromatic heterocycles. The van der Waals surface area contributed by atoms with E-state index in [4.69, 9.17) is 5.73 Å². The van der Waals surface area contributed by atoms with Crippen LogP contribution in [0.25, 0.3) is 0 Å². The molecule has 0 aliphatic heterocycles. The number of nitrogens with two attached hydrogens (primary N) is 1. The number of aliphatic hydroxyl groups is 3. The fourth-order valence-electron chi connectivity index (χ4n) is 1.63. The van der Waals surface area contributed by atoms with Gasteiger partial charge in [-0.1, -0.05) is 0 Å². The van der Waals surface area contributed by atoms with Gasteiger partial charge in [-0.3, -0.25) is 4.79 Å². The Balaban J connectivity index is 2.96. The minimum absolute atomic E-state index is 0.233. The maximum absolute atomic E-state index is 11.7. The molecule has 1 amide bonds. The highest BCUT2D eigenvalue weighted by atomic mass is 16.3. The van der Waals surface area contributed by atoms with Gasteiger partial charge in [-0.15, -0.1) is 0 Å². The molecule has 7 nitrogen and oxygen atoms in total. The first-order valence-corrected chi connectivity index (χ1v) is 6.30. The normalized spacial score (nSPS) is 11.2. The fourth-order valence-corrected chi connectivity index (χ4v) is 1.63. The van der Waals surface area contributed by atoms with Crippen molar-refractivity contribution in [1.82, 2.24) is 5.32 Å². The second kappa shape index (κ2) is 7.09. The first kappa shape index (κ1) is 16.2. The Hall–Kier alpha value is -1.83. The van der Waals surface area contributed by atoms with Crippen molar-refractivity contribution in [3.63, 3.8) is 0 Å². The van der Waals surface area contributed by atoms with Crippen LogP contribution in [0.4, 0.5) is 11.4 Å². The largest absolute Gasteiger partial charge is 0.397 e. The van der Waals surface area contributed by atoms with E-state index in [2.05, 4.69) is 10.6 Å². The molecular weight excluding hydrogens is 262 g/mol. The molecule has 1 aromatic rings. The number of nitrogen functional groups attached to an aromatic ring is 1. The van der Waals surface area contributed by atoms with E-state index in [9.17, 15) is 20.1 Å². The molecule has 1 aromatic carbocycles. The molecule has 1 rings (SSSR count). The van der Waals surface area contributed by atoms with Gasteiger partial charge in [0.05, 0.1) is 31.2 Å². The van der Waals surface area contributed by atoms with Gasteiger partial charge in [0.2, 0.25) is 0 Å². The summed E-state index contributed by atoms with van der Waals surface area (Å²) in [5.41, 5.74) is 5.70. The van der Waals surface area contributed by atoms with E-state index in [0.717, 1.165) is 0 Å². The van der Waals surface area contributed by atoms with Gasteiger partial charge >= 0.3 is 0 Å². The Morgan fingerprint density at radius 2 is 1.85 bits per heavy atom. The summed E-state index contributed by atoms with van der Waals surface area (Å²) in [6, 6.07) is 4.63. The van der Waals surface area contributed by atoms with Crippen LogP contribution < -0.4 is 16.4 Å². The molecule has 0 heterocycles. The Morgan fingerprint density at radius 1 is 1.25 bits per heavy atom. The number of nitrogens with one attached hydrogen (secondary N) is 2. The fraction of sp³-hybridized carbons (Fsp3) is 0.462. The minimum atomic E-state index is -1.26. The summed E-state index contributed by atoms with van der Waals surface area (Å²) in [6.07, 6.45) is 0. The molecule has 0 radical (unpaired) electrons. The summed E-state index contributed by atoms with van der Waals surface area (Å²) >= 11 is 0. The second-order valence-electron chi connectivity index (χ2n) is 4.54. The minimum Gasteiger partial charge on any atom is -0.397 e. The van der Waals surface area contributed by atoms with Crippen LogP contribution in [-0.4, -0.2) is 53.1 Å². The first-order chi connectivity index (χ1) is 9.51. The lowest BCUT2D eigenvalue weighted by Gasteiger charge is -2.30.